The zero-order valence-electron chi connectivity index (χ0n) is 17.2. The van der Waals surface area contributed by atoms with Crippen LogP contribution in [-0.4, -0.2) is 25.1 Å². The van der Waals surface area contributed by atoms with E-state index < -0.39 is 17.2 Å². The molecule has 0 aliphatic heterocycles. The fraction of sp³-hybridized carbons (Fsp3) is 0.429. The first-order valence-electron chi connectivity index (χ1n) is 9.84. The summed E-state index contributed by atoms with van der Waals surface area (Å²) in [5.74, 6) is -0.0132. The van der Waals surface area contributed by atoms with Crippen molar-refractivity contribution in [3.8, 4) is 0 Å². The fourth-order valence-electron chi connectivity index (χ4n) is 3.37. The molecule has 0 radical (unpaired) electrons. The number of esters is 1. The molecule has 29 heavy (non-hydrogen) atoms. The van der Waals surface area contributed by atoms with Gasteiger partial charge in [0, 0.05) is 13.1 Å². The zero-order chi connectivity index (χ0) is 21.1. The van der Waals surface area contributed by atoms with Crippen molar-refractivity contribution in [1.82, 2.24) is 19.1 Å². The number of ether oxygens (including phenoxy) is 1. The van der Waals surface area contributed by atoms with Crippen LogP contribution in [-0.2, 0) is 24.4 Å². The number of unbranched alkanes of at least 4 members (excludes halogenated alkanes) is 1. The molecule has 3 rings (SSSR count). The number of nitrogens with one attached hydrogen (secondary N) is 1. The molecule has 0 saturated carbocycles. The first-order valence-corrected chi connectivity index (χ1v) is 9.84. The molecule has 3 aromatic rings. The first-order chi connectivity index (χ1) is 13.9. The molecule has 2 heterocycles. The summed E-state index contributed by atoms with van der Waals surface area (Å²) >= 11 is 0. The van der Waals surface area contributed by atoms with E-state index in [1.807, 2.05) is 39.8 Å². The Morgan fingerprint density at radius 3 is 2.62 bits per heavy atom. The predicted octanol–water partition coefficient (Wildman–Crippen LogP) is 2.68. The van der Waals surface area contributed by atoms with Crippen molar-refractivity contribution in [3.63, 3.8) is 0 Å². The van der Waals surface area contributed by atoms with Crippen LogP contribution in [0.2, 0.25) is 0 Å². The summed E-state index contributed by atoms with van der Waals surface area (Å²) in [5.41, 5.74) is 2.06. The molecule has 8 nitrogen and oxygen atoms in total. The zero-order valence-corrected chi connectivity index (χ0v) is 17.2. The van der Waals surface area contributed by atoms with Crippen LogP contribution >= 0.6 is 0 Å². The topological polar surface area (TPSA) is 99.0 Å². The van der Waals surface area contributed by atoms with E-state index in [0.717, 1.165) is 24.0 Å². The summed E-state index contributed by atoms with van der Waals surface area (Å²) < 4.78 is 8.65. The van der Waals surface area contributed by atoms with Crippen LogP contribution in [0.5, 0.6) is 0 Å². The molecule has 0 saturated heterocycles. The van der Waals surface area contributed by atoms with Crippen LogP contribution in [0.15, 0.2) is 27.8 Å². The minimum absolute atomic E-state index is 0.0872. The normalized spacial score (nSPS) is 11.2. The molecule has 0 amide bonds. The van der Waals surface area contributed by atoms with Gasteiger partial charge in [-0.05, 0) is 44.4 Å². The average Bonchev–Trinajstić information content (AvgIpc) is 3.07. The van der Waals surface area contributed by atoms with Crippen molar-refractivity contribution >= 4 is 17.1 Å². The standard InChI is InChI=1S/C21H26N4O4/c1-5-7-11-25-18-17(19(26)23-21(25)28)24(6-2)16(22-18)12-29-20(27)15-10-8-9-13(3)14(15)4/h8-10H,5-7,11-12H2,1-4H3,(H,23,26,28). The molecule has 0 aliphatic carbocycles. The minimum atomic E-state index is -0.487. The molecule has 0 spiro atoms. The summed E-state index contributed by atoms with van der Waals surface area (Å²) in [5, 5.41) is 0. The number of hydrogen-bond donors (Lipinski definition) is 1. The fourth-order valence-corrected chi connectivity index (χ4v) is 3.37. The lowest BCUT2D eigenvalue weighted by Crippen LogP contribution is -2.31. The number of carbonyl (C=O) groups is 1. The van der Waals surface area contributed by atoms with Crippen LogP contribution in [0.3, 0.4) is 0 Å². The Morgan fingerprint density at radius 2 is 1.93 bits per heavy atom. The van der Waals surface area contributed by atoms with Gasteiger partial charge in [0.05, 0.1) is 5.56 Å². The van der Waals surface area contributed by atoms with Crippen molar-refractivity contribution in [2.24, 2.45) is 0 Å². The molecular weight excluding hydrogens is 372 g/mol. The number of aryl methyl sites for hydroxylation is 3. The second-order valence-corrected chi connectivity index (χ2v) is 7.03. The van der Waals surface area contributed by atoms with E-state index in [4.69, 9.17) is 4.74 Å². The number of carbonyl (C=O) groups excluding carboxylic acids is 1. The molecule has 0 atom stereocenters. The van der Waals surface area contributed by atoms with Crippen LogP contribution in [0.4, 0.5) is 0 Å². The van der Waals surface area contributed by atoms with Crippen LogP contribution in [0.25, 0.3) is 11.2 Å². The molecule has 0 bridgehead atoms. The van der Waals surface area contributed by atoms with Crippen molar-refractivity contribution in [2.75, 3.05) is 0 Å². The van der Waals surface area contributed by atoms with E-state index in [-0.39, 0.29) is 6.61 Å². The van der Waals surface area contributed by atoms with E-state index in [1.165, 1.54) is 4.57 Å². The Balaban J connectivity index is 1.98. The number of imidazole rings is 1. The third kappa shape index (κ3) is 3.87. The number of benzene rings is 1. The molecule has 0 unspecified atom stereocenters. The third-order valence-corrected chi connectivity index (χ3v) is 5.17. The van der Waals surface area contributed by atoms with E-state index in [0.29, 0.717) is 35.6 Å². The first kappa shape index (κ1) is 20.6. The molecule has 0 aliphatic rings. The Morgan fingerprint density at radius 1 is 1.17 bits per heavy atom. The number of rotatable bonds is 7. The van der Waals surface area contributed by atoms with Gasteiger partial charge in [0.2, 0.25) is 0 Å². The molecule has 0 fully saturated rings. The number of nitrogens with zero attached hydrogens (tertiary/aromatic N) is 3. The summed E-state index contributed by atoms with van der Waals surface area (Å²) in [6.45, 7) is 8.54. The lowest BCUT2D eigenvalue weighted by molar-refractivity contribution is 0.0457. The monoisotopic (exact) mass is 398 g/mol. The SMILES string of the molecule is CCCCn1c(=O)[nH]c(=O)c2c1nc(COC(=O)c1cccc(C)c1C)n2CC. The Bertz CT molecular complexity index is 1170. The maximum Gasteiger partial charge on any atom is 0.338 e. The van der Waals surface area contributed by atoms with Crippen molar-refractivity contribution in [1.29, 1.82) is 0 Å². The third-order valence-electron chi connectivity index (χ3n) is 5.17. The van der Waals surface area contributed by atoms with Gasteiger partial charge in [-0.25, -0.2) is 14.6 Å². The lowest BCUT2D eigenvalue weighted by atomic mass is 10.0. The molecule has 154 valence electrons. The minimum Gasteiger partial charge on any atom is -0.454 e. The number of aromatic amines is 1. The van der Waals surface area contributed by atoms with Gasteiger partial charge in [0.15, 0.2) is 11.2 Å². The highest BCUT2D eigenvalue weighted by molar-refractivity contribution is 5.91. The summed E-state index contributed by atoms with van der Waals surface area (Å²) in [6.07, 6.45) is 1.69. The number of fused-ring (bicyclic) bond motifs is 1. The number of hydrogen-bond acceptors (Lipinski definition) is 5. The van der Waals surface area contributed by atoms with Crippen molar-refractivity contribution in [2.45, 2.75) is 60.2 Å². The Hall–Kier alpha value is -3.16. The van der Waals surface area contributed by atoms with Gasteiger partial charge in [0.1, 0.15) is 12.4 Å². The van der Waals surface area contributed by atoms with Crippen LogP contribution in [0.1, 0.15) is 54.0 Å². The number of aromatic nitrogens is 4. The van der Waals surface area contributed by atoms with Crippen LogP contribution in [0, 0.1) is 13.8 Å². The molecule has 1 N–H and O–H groups in total. The Kier molecular flexibility index (Phi) is 6.00. The van der Waals surface area contributed by atoms with Crippen molar-refractivity contribution in [3.05, 3.63) is 61.6 Å². The smallest absolute Gasteiger partial charge is 0.338 e. The van der Waals surface area contributed by atoms with E-state index in [9.17, 15) is 14.4 Å². The molecule has 8 heteroatoms. The van der Waals surface area contributed by atoms with Gasteiger partial charge in [-0.3, -0.25) is 14.3 Å². The van der Waals surface area contributed by atoms with E-state index in [2.05, 4.69) is 9.97 Å². The highest BCUT2D eigenvalue weighted by Crippen LogP contribution is 2.16. The van der Waals surface area contributed by atoms with Gasteiger partial charge >= 0.3 is 11.7 Å². The summed E-state index contributed by atoms with van der Waals surface area (Å²) in [4.78, 5) is 44.1. The van der Waals surface area contributed by atoms with Crippen molar-refractivity contribution < 1.29 is 9.53 Å². The van der Waals surface area contributed by atoms with Gasteiger partial charge < -0.3 is 9.30 Å². The molecule has 2 aromatic heterocycles. The van der Waals surface area contributed by atoms with E-state index >= 15 is 0 Å². The highest BCUT2D eigenvalue weighted by atomic mass is 16.5. The maximum absolute atomic E-state index is 12.6. The second kappa shape index (κ2) is 8.46. The van der Waals surface area contributed by atoms with Gasteiger partial charge in [-0.1, -0.05) is 25.5 Å². The number of H-pyrrole nitrogens is 1. The Labute approximate surface area is 168 Å². The van der Waals surface area contributed by atoms with Crippen LogP contribution < -0.4 is 11.2 Å². The summed E-state index contributed by atoms with van der Waals surface area (Å²) in [7, 11) is 0. The maximum atomic E-state index is 12.6. The molecular formula is C21H26N4O4. The second-order valence-electron chi connectivity index (χ2n) is 7.03. The summed E-state index contributed by atoms with van der Waals surface area (Å²) in [6, 6.07) is 5.47. The molecule has 1 aromatic carbocycles. The lowest BCUT2D eigenvalue weighted by Gasteiger charge is -2.09. The highest BCUT2D eigenvalue weighted by Gasteiger charge is 2.19. The predicted molar refractivity (Wildman–Crippen MR) is 110 cm³/mol. The quantitative estimate of drug-likeness (QED) is 0.617. The average molecular weight is 398 g/mol. The largest absolute Gasteiger partial charge is 0.454 e. The van der Waals surface area contributed by atoms with E-state index in [1.54, 1.807) is 10.6 Å². The van der Waals surface area contributed by atoms with Gasteiger partial charge in [-0.15, -0.1) is 0 Å². The van der Waals surface area contributed by atoms with Gasteiger partial charge in [0.25, 0.3) is 5.56 Å². The van der Waals surface area contributed by atoms with Gasteiger partial charge in [-0.2, -0.15) is 0 Å².